The quantitative estimate of drug-likeness (QED) is 0.0897. The number of rotatable bonds is 17. The van der Waals surface area contributed by atoms with Crippen LogP contribution in [-0.2, 0) is 10.2 Å². The number of halogens is 1. The number of esters is 1. The normalized spacial score (nSPS) is 11.7. The number of benzene rings is 1. The molecular formula is C28H47IO3. The molecule has 0 saturated heterocycles. The van der Waals surface area contributed by atoms with Crippen molar-refractivity contribution in [3.05, 3.63) is 21.3 Å². The van der Waals surface area contributed by atoms with Crippen LogP contribution in [0.3, 0.4) is 0 Å². The third kappa shape index (κ3) is 12.5. The van der Waals surface area contributed by atoms with E-state index in [-0.39, 0.29) is 17.1 Å². The average molecular weight is 559 g/mol. The monoisotopic (exact) mass is 558 g/mol. The van der Waals surface area contributed by atoms with Gasteiger partial charge in [-0.3, -0.25) is 4.79 Å². The van der Waals surface area contributed by atoms with Crippen molar-refractivity contribution in [2.75, 3.05) is 0 Å². The summed E-state index contributed by atoms with van der Waals surface area (Å²) in [4.78, 5) is 12.3. The lowest BCUT2D eigenvalue weighted by atomic mass is 9.86. The molecule has 1 aromatic rings. The zero-order valence-corrected chi connectivity index (χ0v) is 23.3. The van der Waals surface area contributed by atoms with E-state index < -0.39 is 0 Å². The highest BCUT2D eigenvalue weighted by Gasteiger charge is 2.25. The molecule has 0 saturated carbocycles. The summed E-state index contributed by atoms with van der Waals surface area (Å²) in [5.41, 5.74) is 0.683. The molecule has 0 spiro atoms. The maximum absolute atomic E-state index is 12.3. The van der Waals surface area contributed by atoms with Crippen LogP contribution >= 0.6 is 22.6 Å². The van der Waals surface area contributed by atoms with E-state index in [1.807, 2.05) is 0 Å². The predicted molar refractivity (Wildman–Crippen MR) is 145 cm³/mol. The summed E-state index contributed by atoms with van der Waals surface area (Å²) < 4.78 is 6.43. The molecule has 0 atom stereocenters. The summed E-state index contributed by atoms with van der Waals surface area (Å²) in [5, 5.41) is 10.0. The number of hydrogen-bond acceptors (Lipinski definition) is 3. The summed E-state index contributed by atoms with van der Waals surface area (Å²) in [6.07, 6.45) is 20.2. The fourth-order valence-corrected chi connectivity index (χ4v) is 5.40. The molecule has 0 unspecified atom stereocenters. The van der Waals surface area contributed by atoms with E-state index in [0.29, 0.717) is 12.2 Å². The molecule has 1 rings (SSSR count). The van der Waals surface area contributed by atoms with Gasteiger partial charge in [-0.1, -0.05) is 118 Å². The molecule has 1 aromatic carbocycles. The first-order chi connectivity index (χ1) is 15.3. The van der Waals surface area contributed by atoms with Crippen LogP contribution in [0, 0.1) is 3.57 Å². The lowest BCUT2D eigenvalue weighted by molar-refractivity contribution is -0.134. The highest BCUT2D eigenvalue weighted by Crippen LogP contribution is 2.39. The van der Waals surface area contributed by atoms with Gasteiger partial charge in [0, 0.05) is 12.0 Å². The predicted octanol–water partition coefficient (Wildman–Crippen LogP) is 9.46. The van der Waals surface area contributed by atoms with E-state index in [9.17, 15) is 9.90 Å². The maximum atomic E-state index is 12.3. The van der Waals surface area contributed by atoms with Crippen LogP contribution in [0.15, 0.2) is 12.1 Å². The molecule has 0 aliphatic carbocycles. The molecule has 0 aromatic heterocycles. The number of carbonyl (C=O) groups is 1. The van der Waals surface area contributed by atoms with E-state index in [1.54, 1.807) is 12.1 Å². The fourth-order valence-electron chi connectivity index (χ4n) is 4.15. The molecule has 0 fully saturated rings. The molecule has 4 heteroatoms. The highest BCUT2D eigenvalue weighted by atomic mass is 127. The Hall–Kier alpha value is -0.780. The Morgan fingerprint density at radius 3 is 1.69 bits per heavy atom. The molecule has 3 nitrogen and oxygen atoms in total. The van der Waals surface area contributed by atoms with Gasteiger partial charge in [0.15, 0.2) is 0 Å². The largest absolute Gasteiger partial charge is 0.507 e. The van der Waals surface area contributed by atoms with Gasteiger partial charge in [0.05, 0.1) is 3.57 Å². The highest BCUT2D eigenvalue weighted by molar-refractivity contribution is 14.1. The molecule has 0 bridgehead atoms. The van der Waals surface area contributed by atoms with Crippen molar-refractivity contribution < 1.29 is 14.6 Å². The maximum Gasteiger partial charge on any atom is 0.311 e. The molecule has 0 aliphatic rings. The van der Waals surface area contributed by atoms with Crippen LogP contribution in [0.5, 0.6) is 11.5 Å². The van der Waals surface area contributed by atoms with Gasteiger partial charge in [0.1, 0.15) is 11.5 Å². The standard InChI is InChI=1S/C28H47IO3/c1-5-6-7-8-9-10-11-12-13-14-15-16-17-18-19-20-25(31)32-24-22-21-23(30)27(29)26(24)28(2,3)4/h21-22,30H,5-20H2,1-4H3. The van der Waals surface area contributed by atoms with E-state index in [1.165, 1.54) is 83.5 Å². The van der Waals surface area contributed by atoms with Crippen LogP contribution in [0.2, 0.25) is 0 Å². The van der Waals surface area contributed by atoms with Crippen molar-refractivity contribution >= 4 is 28.6 Å². The number of hydrogen-bond donors (Lipinski definition) is 1. The second-order valence-corrected chi connectivity index (χ2v) is 11.3. The first-order valence-corrected chi connectivity index (χ1v) is 14.1. The summed E-state index contributed by atoms with van der Waals surface area (Å²) in [6, 6.07) is 3.32. The molecule has 0 aliphatic heterocycles. The molecule has 0 radical (unpaired) electrons. The second kappa shape index (κ2) is 16.8. The first kappa shape index (κ1) is 29.3. The topological polar surface area (TPSA) is 46.5 Å². The Morgan fingerprint density at radius 2 is 1.25 bits per heavy atom. The molecule has 0 amide bonds. The number of ether oxygens (including phenoxy) is 1. The zero-order valence-electron chi connectivity index (χ0n) is 21.1. The first-order valence-electron chi connectivity index (χ1n) is 13.0. The van der Waals surface area contributed by atoms with E-state index >= 15 is 0 Å². The van der Waals surface area contributed by atoms with E-state index in [2.05, 4.69) is 50.3 Å². The van der Waals surface area contributed by atoms with Crippen molar-refractivity contribution in [1.82, 2.24) is 0 Å². The summed E-state index contributed by atoms with van der Waals surface area (Å²) in [6.45, 7) is 8.47. The number of carbonyl (C=O) groups excluding carboxylic acids is 1. The molecule has 32 heavy (non-hydrogen) atoms. The molecule has 0 heterocycles. The van der Waals surface area contributed by atoms with Crippen molar-refractivity contribution in [1.29, 1.82) is 0 Å². The number of aromatic hydroxyl groups is 1. The van der Waals surface area contributed by atoms with Gasteiger partial charge in [-0.2, -0.15) is 0 Å². The Kier molecular flexibility index (Phi) is 15.3. The minimum absolute atomic E-state index is 0.174. The van der Waals surface area contributed by atoms with E-state index in [4.69, 9.17) is 4.74 Å². The van der Waals surface area contributed by atoms with Gasteiger partial charge in [0.2, 0.25) is 0 Å². The number of unbranched alkanes of at least 4 members (excludes halogenated alkanes) is 14. The third-order valence-electron chi connectivity index (χ3n) is 6.04. The van der Waals surface area contributed by atoms with Gasteiger partial charge < -0.3 is 9.84 Å². The van der Waals surface area contributed by atoms with E-state index in [0.717, 1.165) is 22.0 Å². The SMILES string of the molecule is CCCCCCCCCCCCCCCCCC(=O)Oc1ccc(O)c(I)c1C(C)(C)C. The Labute approximate surface area is 211 Å². The minimum Gasteiger partial charge on any atom is -0.507 e. The molecular weight excluding hydrogens is 511 g/mol. The Balaban J connectivity index is 2.09. The molecule has 184 valence electrons. The number of phenolic OH excluding ortho intramolecular Hbond substituents is 1. The Morgan fingerprint density at radius 1 is 0.812 bits per heavy atom. The van der Waals surface area contributed by atoms with Gasteiger partial charge in [-0.05, 0) is 46.6 Å². The lowest BCUT2D eigenvalue weighted by Gasteiger charge is -2.24. The van der Waals surface area contributed by atoms with Crippen LogP contribution in [0.4, 0.5) is 0 Å². The van der Waals surface area contributed by atoms with Crippen LogP contribution in [-0.4, -0.2) is 11.1 Å². The van der Waals surface area contributed by atoms with Crippen LogP contribution < -0.4 is 4.74 Å². The summed E-state index contributed by atoms with van der Waals surface area (Å²) >= 11 is 2.13. The summed E-state index contributed by atoms with van der Waals surface area (Å²) in [7, 11) is 0. The average Bonchev–Trinajstić information content (AvgIpc) is 2.72. The van der Waals surface area contributed by atoms with Gasteiger partial charge in [-0.15, -0.1) is 0 Å². The van der Waals surface area contributed by atoms with Gasteiger partial charge in [-0.25, -0.2) is 0 Å². The second-order valence-electron chi connectivity index (χ2n) is 10.2. The summed E-state index contributed by atoms with van der Waals surface area (Å²) in [5.74, 6) is 0.634. The Bertz CT molecular complexity index is 649. The van der Waals surface area contributed by atoms with Crippen molar-refractivity contribution in [3.63, 3.8) is 0 Å². The van der Waals surface area contributed by atoms with Crippen LogP contribution in [0.1, 0.15) is 136 Å². The zero-order chi connectivity index (χ0) is 23.8. The smallest absolute Gasteiger partial charge is 0.311 e. The van der Waals surface area contributed by atoms with Crippen LogP contribution in [0.25, 0.3) is 0 Å². The van der Waals surface area contributed by atoms with Gasteiger partial charge >= 0.3 is 5.97 Å². The number of phenols is 1. The molecule has 1 N–H and O–H groups in total. The van der Waals surface area contributed by atoms with Crippen molar-refractivity contribution in [2.45, 2.75) is 136 Å². The lowest BCUT2D eigenvalue weighted by Crippen LogP contribution is -2.18. The van der Waals surface area contributed by atoms with Gasteiger partial charge in [0.25, 0.3) is 0 Å². The third-order valence-corrected chi connectivity index (χ3v) is 7.13. The van der Waals surface area contributed by atoms with Crippen molar-refractivity contribution in [2.24, 2.45) is 0 Å². The fraction of sp³-hybridized carbons (Fsp3) is 0.750. The van der Waals surface area contributed by atoms with Crippen molar-refractivity contribution in [3.8, 4) is 11.5 Å². The minimum atomic E-state index is -0.209.